The molecule has 2 aliphatic rings. The van der Waals surface area contributed by atoms with Crippen LogP contribution in [0, 0.1) is 11.7 Å². The Hall–Kier alpha value is -4.70. The van der Waals surface area contributed by atoms with Crippen LogP contribution >= 0.6 is 11.8 Å². The molecular formula is C32H28FN5O3S. The van der Waals surface area contributed by atoms with Gasteiger partial charge in [-0.1, -0.05) is 36.4 Å². The quantitative estimate of drug-likeness (QED) is 0.292. The topological polar surface area (TPSA) is 103 Å². The zero-order valence-electron chi connectivity index (χ0n) is 22.7. The fourth-order valence-electron chi connectivity index (χ4n) is 4.95. The minimum absolute atomic E-state index is 0.119. The van der Waals surface area contributed by atoms with Crippen LogP contribution in [0.4, 0.5) is 4.39 Å². The molecule has 8 nitrogen and oxygen atoms in total. The largest absolute Gasteiger partial charge is 0.489 e. The number of hydrogen-bond donors (Lipinski definition) is 1. The van der Waals surface area contributed by atoms with Crippen LogP contribution < -0.4 is 10.5 Å². The predicted octanol–water partition coefficient (Wildman–Crippen LogP) is 5.43. The molecule has 212 valence electrons. The number of ether oxygens (including phenoxy) is 1. The lowest BCUT2D eigenvalue weighted by Gasteiger charge is -2.31. The van der Waals surface area contributed by atoms with Crippen LogP contribution in [0.15, 0.2) is 95.0 Å². The van der Waals surface area contributed by atoms with Crippen molar-refractivity contribution in [2.45, 2.75) is 19.4 Å². The molecule has 2 amide bonds. The first-order chi connectivity index (χ1) is 20.4. The second kappa shape index (κ2) is 12.0. The molecule has 2 aliphatic heterocycles. The number of benzene rings is 3. The monoisotopic (exact) mass is 581 g/mol. The van der Waals surface area contributed by atoms with Gasteiger partial charge in [-0.3, -0.25) is 9.59 Å². The van der Waals surface area contributed by atoms with E-state index in [1.54, 1.807) is 22.9 Å². The number of aliphatic imine (C=N–C) groups is 1. The van der Waals surface area contributed by atoms with E-state index >= 15 is 0 Å². The van der Waals surface area contributed by atoms with Gasteiger partial charge in [-0.15, -0.1) is 0 Å². The van der Waals surface area contributed by atoms with Crippen molar-refractivity contribution < 1.29 is 18.7 Å². The molecular weight excluding hydrogens is 553 g/mol. The number of carbonyl (C=O) groups excluding carboxylic acids is 2. The molecule has 42 heavy (non-hydrogen) atoms. The number of primary amides is 1. The number of hydrogen-bond acceptors (Lipinski definition) is 6. The Balaban J connectivity index is 1.24. The molecule has 1 aromatic heterocycles. The number of halogens is 1. The molecule has 3 aromatic carbocycles. The van der Waals surface area contributed by atoms with E-state index in [4.69, 9.17) is 15.6 Å². The molecule has 0 atom stereocenters. The molecule has 0 unspecified atom stereocenters. The summed E-state index contributed by atoms with van der Waals surface area (Å²) < 4.78 is 21.6. The third-order valence-corrected chi connectivity index (χ3v) is 8.35. The number of nitrogens with two attached hydrogens (primary N) is 1. The van der Waals surface area contributed by atoms with Gasteiger partial charge in [0, 0.05) is 41.9 Å². The van der Waals surface area contributed by atoms with Gasteiger partial charge in [0.2, 0.25) is 5.91 Å². The molecule has 0 spiro atoms. The summed E-state index contributed by atoms with van der Waals surface area (Å²) in [4.78, 5) is 31.3. The van der Waals surface area contributed by atoms with Crippen LogP contribution in [0.25, 0.3) is 23.0 Å². The summed E-state index contributed by atoms with van der Waals surface area (Å²) in [6.07, 6.45) is 5.01. The zero-order chi connectivity index (χ0) is 29.1. The second-order valence-electron chi connectivity index (χ2n) is 10.1. The molecule has 1 fully saturated rings. The average Bonchev–Trinajstić information content (AvgIpc) is 3.61. The molecule has 6 rings (SSSR count). The van der Waals surface area contributed by atoms with E-state index in [2.05, 4.69) is 4.99 Å². The Morgan fingerprint density at radius 1 is 1.02 bits per heavy atom. The minimum Gasteiger partial charge on any atom is -0.489 e. The normalized spacial score (nSPS) is 16.6. The van der Waals surface area contributed by atoms with E-state index in [1.807, 2.05) is 71.8 Å². The number of amidine groups is 1. The number of nitrogens with zero attached hydrogens (tertiary/aromatic N) is 4. The smallest absolute Gasteiger partial charge is 0.286 e. The van der Waals surface area contributed by atoms with Crippen molar-refractivity contribution in [3.8, 4) is 22.7 Å². The van der Waals surface area contributed by atoms with Crippen LogP contribution in [-0.2, 0) is 16.2 Å². The van der Waals surface area contributed by atoms with Crippen molar-refractivity contribution in [1.29, 1.82) is 0 Å². The number of para-hydroxylation sites is 1. The lowest BCUT2D eigenvalue weighted by Crippen LogP contribution is -2.40. The Morgan fingerprint density at radius 2 is 1.74 bits per heavy atom. The molecule has 3 heterocycles. The number of likely N-dealkylation sites (tertiary alicyclic amines) is 1. The fraction of sp³-hybridized carbons (Fsp3) is 0.188. The van der Waals surface area contributed by atoms with E-state index < -0.39 is 0 Å². The van der Waals surface area contributed by atoms with Gasteiger partial charge in [0.25, 0.3) is 5.91 Å². The summed E-state index contributed by atoms with van der Waals surface area (Å²) in [6, 6.07) is 23.7. The molecule has 0 radical (unpaired) electrons. The van der Waals surface area contributed by atoms with E-state index in [9.17, 15) is 14.0 Å². The number of aromatic nitrogens is 2. The number of thioether (sulfide) groups is 1. The summed E-state index contributed by atoms with van der Waals surface area (Å²) in [5.74, 6) is -0.423. The Kier molecular flexibility index (Phi) is 7.87. The minimum atomic E-state index is -0.306. The second-order valence-corrected chi connectivity index (χ2v) is 11.1. The van der Waals surface area contributed by atoms with Gasteiger partial charge in [0.05, 0.1) is 16.3 Å². The summed E-state index contributed by atoms with van der Waals surface area (Å²) in [7, 11) is 0. The highest BCUT2D eigenvalue weighted by Gasteiger charge is 2.31. The maximum absolute atomic E-state index is 14.0. The van der Waals surface area contributed by atoms with Crippen molar-refractivity contribution in [2.24, 2.45) is 16.6 Å². The molecule has 1 saturated heterocycles. The first-order valence-corrected chi connectivity index (χ1v) is 14.4. The standard InChI is InChI=1S/C32H28FN5O3S/c33-27-9-5-4-6-23(27)20-41-26-12-10-21(11-13-26)29-24(19-38(36-29)25-7-2-1-3-8-25)18-28-31(40)35-32(42-28)37-16-14-22(15-17-37)30(34)39/h1-13,18-19,22H,14-17,20H2,(H2,34,39). The van der Waals surface area contributed by atoms with Crippen molar-refractivity contribution in [3.63, 3.8) is 0 Å². The average molecular weight is 582 g/mol. The third-order valence-electron chi connectivity index (χ3n) is 7.31. The first kappa shape index (κ1) is 27.5. The van der Waals surface area contributed by atoms with Crippen LogP contribution in [0.1, 0.15) is 24.0 Å². The van der Waals surface area contributed by atoms with Crippen LogP contribution in [-0.4, -0.2) is 44.8 Å². The van der Waals surface area contributed by atoms with Crippen molar-refractivity contribution in [3.05, 3.63) is 107 Å². The zero-order valence-corrected chi connectivity index (χ0v) is 23.5. The Morgan fingerprint density at radius 3 is 2.45 bits per heavy atom. The summed E-state index contributed by atoms with van der Waals surface area (Å²) in [5.41, 5.74) is 9.12. The molecule has 0 saturated carbocycles. The summed E-state index contributed by atoms with van der Waals surface area (Å²) in [5, 5.41) is 5.50. The maximum Gasteiger partial charge on any atom is 0.286 e. The van der Waals surface area contributed by atoms with Gasteiger partial charge in [0.1, 0.15) is 18.2 Å². The van der Waals surface area contributed by atoms with E-state index in [1.165, 1.54) is 17.8 Å². The summed E-state index contributed by atoms with van der Waals surface area (Å²) in [6.45, 7) is 1.37. The lowest BCUT2D eigenvalue weighted by atomic mass is 9.97. The van der Waals surface area contributed by atoms with Gasteiger partial charge >= 0.3 is 0 Å². The van der Waals surface area contributed by atoms with E-state index in [0.29, 0.717) is 53.0 Å². The molecule has 4 aromatic rings. The third kappa shape index (κ3) is 5.99. The van der Waals surface area contributed by atoms with E-state index in [0.717, 1.165) is 16.8 Å². The van der Waals surface area contributed by atoms with Gasteiger partial charge in [-0.25, -0.2) is 9.07 Å². The maximum atomic E-state index is 14.0. The SMILES string of the molecule is NC(=O)C1CCN(C2=NC(=O)C(=Cc3cn(-c4ccccc4)nc3-c3ccc(OCc4ccccc4F)cc3)S2)CC1. The highest BCUT2D eigenvalue weighted by atomic mass is 32.2. The van der Waals surface area contributed by atoms with Crippen LogP contribution in [0.5, 0.6) is 5.75 Å². The van der Waals surface area contributed by atoms with Crippen molar-refractivity contribution in [2.75, 3.05) is 13.1 Å². The fourth-order valence-corrected chi connectivity index (χ4v) is 5.90. The highest BCUT2D eigenvalue weighted by molar-refractivity contribution is 8.18. The molecule has 10 heteroatoms. The van der Waals surface area contributed by atoms with Gasteiger partial charge in [-0.05, 0) is 73.1 Å². The number of rotatable bonds is 7. The number of piperidine rings is 1. The van der Waals surface area contributed by atoms with Crippen LogP contribution in [0.3, 0.4) is 0 Å². The van der Waals surface area contributed by atoms with Crippen molar-refractivity contribution in [1.82, 2.24) is 14.7 Å². The van der Waals surface area contributed by atoms with Gasteiger partial charge < -0.3 is 15.4 Å². The van der Waals surface area contributed by atoms with Crippen LogP contribution in [0.2, 0.25) is 0 Å². The number of amides is 2. The first-order valence-electron chi connectivity index (χ1n) is 13.6. The Bertz CT molecular complexity index is 1680. The molecule has 0 bridgehead atoms. The lowest BCUT2D eigenvalue weighted by molar-refractivity contribution is -0.123. The highest BCUT2D eigenvalue weighted by Crippen LogP contribution is 2.35. The van der Waals surface area contributed by atoms with Gasteiger partial charge in [-0.2, -0.15) is 10.1 Å². The predicted molar refractivity (Wildman–Crippen MR) is 161 cm³/mol. The Labute approximate surface area is 246 Å². The number of carbonyl (C=O) groups is 2. The van der Waals surface area contributed by atoms with Crippen molar-refractivity contribution >= 4 is 34.8 Å². The van der Waals surface area contributed by atoms with Gasteiger partial charge in [0.15, 0.2) is 5.17 Å². The molecule has 2 N–H and O–H groups in total. The van der Waals surface area contributed by atoms with E-state index in [-0.39, 0.29) is 30.2 Å². The summed E-state index contributed by atoms with van der Waals surface area (Å²) >= 11 is 1.33. The molecule has 0 aliphatic carbocycles.